The van der Waals surface area contributed by atoms with Crippen molar-refractivity contribution in [2.24, 2.45) is 5.73 Å². The van der Waals surface area contributed by atoms with Gasteiger partial charge in [0.1, 0.15) is 5.75 Å². The van der Waals surface area contributed by atoms with Gasteiger partial charge in [-0.1, -0.05) is 0 Å². The van der Waals surface area contributed by atoms with Gasteiger partial charge in [0.25, 0.3) is 0 Å². The largest absolute Gasteiger partial charge is 0.342 e. The van der Waals surface area contributed by atoms with Gasteiger partial charge in [0, 0.05) is 19.1 Å². The molecule has 0 aromatic carbocycles. The molecule has 6 heteroatoms. The number of nitrogens with zero attached hydrogens (tertiary/aromatic N) is 1. The molecule has 0 aliphatic carbocycles. The summed E-state index contributed by atoms with van der Waals surface area (Å²) in [5.41, 5.74) is 5.39. The van der Waals surface area contributed by atoms with Crippen LogP contribution < -0.4 is 5.73 Å². The summed E-state index contributed by atoms with van der Waals surface area (Å²) in [6.45, 7) is 6.31. The quantitative estimate of drug-likeness (QED) is 0.681. The van der Waals surface area contributed by atoms with Gasteiger partial charge in [-0.05, 0) is 20.8 Å². The van der Waals surface area contributed by atoms with Gasteiger partial charge < -0.3 is 10.6 Å². The van der Waals surface area contributed by atoms with Crippen molar-refractivity contribution >= 4 is 15.7 Å². The maximum Gasteiger partial charge on any atom is 0.237 e. The molecule has 15 heavy (non-hydrogen) atoms. The lowest BCUT2D eigenvalue weighted by Gasteiger charge is -2.18. The zero-order valence-corrected chi connectivity index (χ0v) is 10.4. The Morgan fingerprint density at radius 3 is 2.13 bits per heavy atom. The lowest BCUT2D eigenvalue weighted by atomic mass is 10.4. The van der Waals surface area contributed by atoms with Crippen molar-refractivity contribution in [2.45, 2.75) is 26.8 Å². The van der Waals surface area contributed by atoms with Crippen LogP contribution in [0.15, 0.2) is 0 Å². The number of rotatable bonds is 6. The molecule has 0 aromatic heterocycles. The monoisotopic (exact) mass is 236 g/mol. The molecule has 0 aromatic rings. The highest BCUT2D eigenvalue weighted by atomic mass is 32.2. The van der Waals surface area contributed by atoms with Crippen LogP contribution in [0.25, 0.3) is 0 Å². The van der Waals surface area contributed by atoms with Crippen molar-refractivity contribution in [2.75, 3.05) is 24.6 Å². The van der Waals surface area contributed by atoms with E-state index in [0.717, 1.165) is 0 Å². The van der Waals surface area contributed by atoms with Crippen LogP contribution in [-0.4, -0.2) is 49.9 Å². The average molecular weight is 236 g/mol. The van der Waals surface area contributed by atoms with E-state index in [4.69, 9.17) is 5.73 Å². The van der Waals surface area contributed by atoms with Gasteiger partial charge in [0.05, 0.1) is 5.75 Å². The average Bonchev–Trinajstić information content (AvgIpc) is 2.02. The SMILES string of the molecule is CCN(CC)C(=O)CS(=O)(=O)CC(C)N. The highest BCUT2D eigenvalue weighted by molar-refractivity contribution is 7.92. The minimum Gasteiger partial charge on any atom is -0.342 e. The molecule has 0 aliphatic heterocycles. The summed E-state index contributed by atoms with van der Waals surface area (Å²) >= 11 is 0. The molecule has 5 nitrogen and oxygen atoms in total. The van der Waals surface area contributed by atoms with E-state index in [1.54, 1.807) is 6.92 Å². The Labute approximate surface area is 91.5 Å². The molecular formula is C9H20N2O3S. The molecule has 0 saturated heterocycles. The highest BCUT2D eigenvalue weighted by Crippen LogP contribution is 1.98. The van der Waals surface area contributed by atoms with E-state index in [1.807, 2.05) is 13.8 Å². The van der Waals surface area contributed by atoms with E-state index in [9.17, 15) is 13.2 Å². The fourth-order valence-electron chi connectivity index (χ4n) is 1.32. The lowest BCUT2D eigenvalue weighted by Crippen LogP contribution is -2.38. The first-order valence-electron chi connectivity index (χ1n) is 5.06. The van der Waals surface area contributed by atoms with E-state index in [1.165, 1.54) is 4.90 Å². The molecule has 90 valence electrons. The van der Waals surface area contributed by atoms with Crippen molar-refractivity contribution in [1.29, 1.82) is 0 Å². The van der Waals surface area contributed by atoms with Gasteiger partial charge in [-0.15, -0.1) is 0 Å². The van der Waals surface area contributed by atoms with Crippen LogP contribution in [0.4, 0.5) is 0 Å². The molecule has 0 heterocycles. The molecule has 2 N–H and O–H groups in total. The predicted octanol–water partition coefficient (Wildman–Crippen LogP) is -0.383. The normalized spacial score (nSPS) is 13.6. The maximum absolute atomic E-state index is 11.5. The molecule has 0 saturated carbocycles. The van der Waals surface area contributed by atoms with Gasteiger partial charge in [-0.2, -0.15) is 0 Å². The minimum atomic E-state index is -3.36. The summed E-state index contributed by atoms with van der Waals surface area (Å²) in [5, 5.41) is 0. The molecule has 0 radical (unpaired) electrons. The number of nitrogens with two attached hydrogens (primary N) is 1. The van der Waals surface area contributed by atoms with E-state index in [-0.39, 0.29) is 11.7 Å². The third-order valence-electron chi connectivity index (χ3n) is 1.98. The first-order valence-corrected chi connectivity index (χ1v) is 6.88. The van der Waals surface area contributed by atoms with Crippen LogP contribution in [0.2, 0.25) is 0 Å². The Morgan fingerprint density at radius 1 is 1.33 bits per heavy atom. The minimum absolute atomic E-state index is 0.139. The predicted molar refractivity (Wildman–Crippen MR) is 60.2 cm³/mol. The Kier molecular flexibility index (Phi) is 5.82. The number of sulfone groups is 1. The summed E-state index contributed by atoms with van der Waals surface area (Å²) < 4.78 is 22.9. The van der Waals surface area contributed by atoms with E-state index >= 15 is 0 Å². The first-order chi connectivity index (χ1) is 6.82. The van der Waals surface area contributed by atoms with E-state index in [0.29, 0.717) is 13.1 Å². The van der Waals surface area contributed by atoms with Crippen LogP contribution in [-0.2, 0) is 14.6 Å². The molecule has 0 bridgehead atoms. The second-order valence-electron chi connectivity index (χ2n) is 3.60. The number of carbonyl (C=O) groups is 1. The van der Waals surface area contributed by atoms with Crippen LogP contribution >= 0.6 is 0 Å². The molecule has 1 unspecified atom stereocenters. The summed E-state index contributed by atoms with van der Waals surface area (Å²) in [5.74, 6) is -0.920. The molecular weight excluding hydrogens is 216 g/mol. The fourth-order valence-corrected chi connectivity index (χ4v) is 2.79. The Morgan fingerprint density at radius 2 is 1.80 bits per heavy atom. The van der Waals surface area contributed by atoms with Gasteiger partial charge in [0.2, 0.25) is 5.91 Å². The van der Waals surface area contributed by atoms with Crippen molar-refractivity contribution < 1.29 is 13.2 Å². The topological polar surface area (TPSA) is 80.5 Å². The van der Waals surface area contributed by atoms with E-state index in [2.05, 4.69) is 0 Å². The third-order valence-corrected chi connectivity index (χ3v) is 3.70. The fraction of sp³-hybridized carbons (Fsp3) is 0.889. The molecule has 1 amide bonds. The van der Waals surface area contributed by atoms with Crippen molar-refractivity contribution in [3.05, 3.63) is 0 Å². The summed E-state index contributed by atoms with van der Waals surface area (Å²) in [6.07, 6.45) is 0. The van der Waals surface area contributed by atoms with Crippen molar-refractivity contribution in [3.63, 3.8) is 0 Å². The van der Waals surface area contributed by atoms with Crippen LogP contribution in [0.3, 0.4) is 0 Å². The van der Waals surface area contributed by atoms with Crippen LogP contribution in [0, 0.1) is 0 Å². The lowest BCUT2D eigenvalue weighted by molar-refractivity contribution is -0.128. The number of amides is 1. The second kappa shape index (κ2) is 6.07. The summed E-state index contributed by atoms with van der Waals surface area (Å²) in [7, 11) is -3.36. The summed E-state index contributed by atoms with van der Waals surface area (Å²) in [6, 6.07) is -0.431. The summed E-state index contributed by atoms with van der Waals surface area (Å²) in [4.78, 5) is 13.0. The van der Waals surface area contributed by atoms with Gasteiger partial charge in [0.15, 0.2) is 9.84 Å². The highest BCUT2D eigenvalue weighted by Gasteiger charge is 2.21. The third kappa shape index (κ3) is 5.74. The first kappa shape index (κ1) is 14.4. The molecule has 1 atom stereocenters. The van der Waals surface area contributed by atoms with Gasteiger partial charge >= 0.3 is 0 Å². The molecule has 0 rings (SSSR count). The van der Waals surface area contributed by atoms with E-state index < -0.39 is 21.6 Å². The smallest absolute Gasteiger partial charge is 0.237 e. The molecule has 0 aliphatic rings. The molecule has 0 fully saturated rings. The number of hydrogen-bond donors (Lipinski definition) is 1. The Hall–Kier alpha value is -0.620. The van der Waals surface area contributed by atoms with Gasteiger partial charge in [-0.25, -0.2) is 8.42 Å². The number of hydrogen-bond acceptors (Lipinski definition) is 4. The van der Waals surface area contributed by atoms with Crippen molar-refractivity contribution in [1.82, 2.24) is 4.90 Å². The van der Waals surface area contributed by atoms with Crippen LogP contribution in [0.5, 0.6) is 0 Å². The van der Waals surface area contributed by atoms with Crippen LogP contribution in [0.1, 0.15) is 20.8 Å². The zero-order chi connectivity index (χ0) is 12.1. The Balaban J connectivity index is 4.40. The molecule has 0 spiro atoms. The van der Waals surface area contributed by atoms with Gasteiger partial charge in [-0.3, -0.25) is 4.79 Å². The number of carbonyl (C=O) groups excluding carboxylic acids is 1. The zero-order valence-electron chi connectivity index (χ0n) is 9.56. The van der Waals surface area contributed by atoms with Crippen molar-refractivity contribution in [3.8, 4) is 0 Å². The standard InChI is InChI=1S/C9H20N2O3S/c1-4-11(5-2)9(12)7-15(13,14)6-8(3)10/h8H,4-7,10H2,1-3H3. The maximum atomic E-state index is 11.5. The Bertz CT molecular complexity index is 294. The second-order valence-corrected chi connectivity index (χ2v) is 5.71.